The second kappa shape index (κ2) is 10.4. The molecule has 0 aliphatic carbocycles. The first-order chi connectivity index (χ1) is 16.1. The molecule has 0 aliphatic rings. The number of carbonyl (C=O) groups is 2. The number of nitrogens with zero attached hydrogens (tertiary/aromatic N) is 3. The number of benzene rings is 2. The Kier molecular flexibility index (Phi) is 7.61. The van der Waals surface area contributed by atoms with Crippen LogP contribution in [-0.4, -0.2) is 47.3 Å². The van der Waals surface area contributed by atoms with Gasteiger partial charge in [0.25, 0.3) is 0 Å². The fraction of sp³-hybridized carbons (Fsp3) is 0.346. The van der Waals surface area contributed by atoms with Crippen molar-refractivity contribution in [2.75, 3.05) is 31.3 Å². The molecular formula is C26H33N5O3. The van der Waals surface area contributed by atoms with Gasteiger partial charge in [0.1, 0.15) is 18.1 Å². The van der Waals surface area contributed by atoms with Gasteiger partial charge >= 0.3 is 6.03 Å². The highest BCUT2D eigenvalue weighted by atomic mass is 16.5. The number of ether oxygens (including phenoxy) is 1. The Balaban J connectivity index is 1.73. The predicted molar refractivity (Wildman–Crippen MR) is 135 cm³/mol. The van der Waals surface area contributed by atoms with E-state index in [0.717, 1.165) is 29.1 Å². The lowest BCUT2D eigenvalue weighted by molar-refractivity contribution is -0.116. The highest BCUT2D eigenvalue weighted by Crippen LogP contribution is 2.27. The van der Waals surface area contributed by atoms with E-state index in [-0.39, 0.29) is 23.9 Å². The Hall–Kier alpha value is -3.81. The van der Waals surface area contributed by atoms with Crippen molar-refractivity contribution in [2.24, 2.45) is 0 Å². The lowest BCUT2D eigenvalue weighted by atomic mass is 9.92. The van der Waals surface area contributed by atoms with Crippen LogP contribution in [0.2, 0.25) is 0 Å². The van der Waals surface area contributed by atoms with E-state index in [1.54, 1.807) is 18.8 Å². The van der Waals surface area contributed by atoms with E-state index in [1.165, 1.54) is 4.90 Å². The van der Waals surface area contributed by atoms with E-state index < -0.39 is 0 Å². The number of likely N-dealkylation sites (N-methyl/N-ethyl adjacent to an activating group) is 1. The Morgan fingerprint density at radius 2 is 1.76 bits per heavy atom. The third kappa shape index (κ3) is 6.15. The van der Waals surface area contributed by atoms with Gasteiger partial charge in [-0.2, -0.15) is 5.10 Å². The standard InChI is InChI=1S/C26H33N5O3/c1-7-18-9-8-10-19(15-18)27-25(33)30(5)17-24(32)28-23-16-22(26(2,3)4)29-31(23)20-11-13-21(34-6)14-12-20/h8-16H,7,17H2,1-6H3,(H,27,33)(H,28,32). The first-order valence-corrected chi connectivity index (χ1v) is 11.3. The Bertz CT molecular complexity index is 1150. The lowest BCUT2D eigenvalue weighted by Crippen LogP contribution is -2.37. The Labute approximate surface area is 200 Å². The molecule has 3 amide bonds. The normalized spacial score (nSPS) is 11.1. The van der Waals surface area contributed by atoms with Crippen LogP contribution in [0.1, 0.15) is 39.0 Å². The van der Waals surface area contributed by atoms with E-state index in [2.05, 4.69) is 38.3 Å². The van der Waals surface area contributed by atoms with Gasteiger partial charge in [-0.05, 0) is 48.4 Å². The highest BCUT2D eigenvalue weighted by molar-refractivity contribution is 5.96. The minimum atomic E-state index is -0.359. The van der Waals surface area contributed by atoms with E-state index in [0.29, 0.717) is 11.5 Å². The molecular weight excluding hydrogens is 430 g/mol. The maximum Gasteiger partial charge on any atom is 0.322 e. The van der Waals surface area contributed by atoms with E-state index in [4.69, 9.17) is 9.84 Å². The quantitative estimate of drug-likeness (QED) is 0.525. The molecule has 1 heterocycles. The summed E-state index contributed by atoms with van der Waals surface area (Å²) in [6, 6.07) is 16.6. The first kappa shape index (κ1) is 24.8. The zero-order chi connectivity index (χ0) is 24.9. The fourth-order valence-corrected chi connectivity index (χ4v) is 3.31. The van der Waals surface area contributed by atoms with Gasteiger partial charge in [0.05, 0.1) is 18.5 Å². The molecule has 8 heteroatoms. The molecule has 0 radical (unpaired) electrons. The van der Waals surface area contributed by atoms with Crippen LogP contribution in [0.25, 0.3) is 5.69 Å². The molecule has 180 valence electrons. The summed E-state index contributed by atoms with van der Waals surface area (Å²) in [6.45, 7) is 8.12. The minimum Gasteiger partial charge on any atom is -0.497 e. The number of rotatable bonds is 7. The van der Waals surface area contributed by atoms with Crippen LogP contribution in [0.5, 0.6) is 5.75 Å². The highest BCUT2D eigenvalue weighted by Gasteiger charge is 2.22. The molecule has 2 aromatic carbocycles. The van der Waals surface area contributed by atoms with E-state index in [1.807, 2.05) is 54.6 Å². The van der Waals surface area contributed by atoms with Crippen LogP contribution >= 0.6 is 0 Å². The van der Waals surface area contributed by atoms with Crippen molar-refractivity contribution in [1.82, 2.24) is 14.7 Å². The zero-order valence-corrected chi connectivity index (χ0v) is 20.7. The summed E-state index contributed by atoms with van der Waals surface area (Å²) in [4.78, 5) is 26.8. The molecule has 8 nitrogen and oxygen atoms in total. The van der Waals surface area contributed by atoms with Gasteiger partial charge in [0.2, 0.25) is 5.91 Å². The van der Waals surface area contributed by atoms with Gasteiger partial charge in [0, 0.05) is 24.2 Å². The molecule has 0 fully saturated rings. The number of carbonyl (C=O) groups excluding carboxylic acids is 2. The lowest BCUT2D eigenvalue weighted by Gasteiger charge is -2.18. The number of hydrogen-bond acceptors (Lipinski definition) is 4. The Morgan fingerprint density at radius 1 is 1.06 bits per heavy atom. The summed E-state index contributed by atoms with van der Waals surface area (Å²) in [7, 11) is 3.19. The number of amides is 3. The van der Waals surface area contributed by atoms with Crippen molar-refractivity contribution < 1.29 is 14.3 Å². The van der Waals surface area contributed by atoms with Gasteiger partial charge < -0.3 is 20.3 Å². The van der Waals surface area contributed by atoms with Crippen LogP contribution in [0.4, 0.5) is 16.3 Å². The van der Waals surface area contributed by atoms with E-state index in [9.17, 15) is 9.59 Å². The van der Waals surface area contributed by atoms with Gasteiger partial charge in [-0.1, -0.05) is 39.8 Å². The molecule has 0 aliphatic heterocycles. The van der Waals surface area contributed by atoms with Crippen molar-refractivity contribution in [3.8, 4) is 11.4 Å². The number of aromatic nitrogens is 2. The average Bonchev–Trinajstić information content (AvgIpc) is 3.23. The van der Waals surface area contributed by atoms with Crippen LogP contribution in [0.3, 0.4) is 0 Å². The number of aryl methyl sites for hydroxylation is 1. The van der Waals surface area contributed by atoms with Gasteiger partial charge in [-0.3, -0.25) is 4.79 Å². The smallest absolute Gasteiger partial charge is 0.322 e. The third-order valence-corrected chi connectivity index (χ3v) is 5.38. The van der Waals surface area contributed by atoms with Gasteiger partial charge in [-0.25, -0.2) is 9.48 Å². The number of anilines is 2. The zero-order valence-electron chi connectivity index (χ0n) is 20.7. The minimum absolute atomic E-state index is 0.113. The van der Waals surface area contributed by atoms with Crippen molar-refractivity contribution >= 4 is 23.4 Å². The molecule has 3 rings (SSSR count). The largest absolute Gasteiger partial charge is 0.497 e. The molecule has 0 unspecified atom stereocenters. The molecule has 2 N–H and O–H groups in total. The molecule has 0 saturated heterocycles. The summed E-state index contributed by atoms with van der Waals surface area (Å²) in [5.41, 5.74) is 3.23. The molecule has 0 atom stereocenters. The number of methoxy groups -OCH3 is 1. The van der Waals surface area contributed by atoms with Gasteiger partial charge in [-0.15, -0.1) is 0 Å². The van der Waals surface area contributed by atoms with Crippen LogP contribution in [0.15, 0.2) is 54.6 Å². The summed E-state index contributed by atoms with van der Waals surface area (Å²) in [5, 5.41) is 10.5. The molecule has 0 saturated carbocycles. The van der Waals surface area contributed by atoms with Crippen LogP contribution in [-0.2, 0) is 16.6 Å². The molecule has 0 bridgehead atoms. The van der Waals surface area contributed by atoms with Crippen molar-refractivity contribution in [3.63, 3.8) is 0 Å². The van der Waals surface area contributed by atoms with Crippen LogP contribution in [0, 0.1) is 0 Å². The molecule has 3 aromatic rings. The monoisotopic (exact) mass is 463 g/mol. The third-order valence-electron chi connectivity index (χ3n) is 5.38. The molecule has 1 aromatic heterocycles. The molecule has 0 spiro atoms. The second-order valence-corrected chi connectivity index (χ2v) is 9.16. The maximum atomic E-state index is 12.8. The second-order valence-electron chi connectivity index (χ2n) is 9.16. The Morgan fingerprint density at radius 3 is 2.38 bits per heavy atom. The molecule has 34 heavy (non-hydrogen) atoms. The summed E-state index contributed by atoms with van der Waals surface area (Å²) in [5.74, 6) is 0.939. The number of nitrogens with one attached hydrogen (secondary N) is 2. The average molecular weight is 464 g/mol. The predicted octanol–water partition coefficient (Wildman–Crippen LogP) is 4.84. The van der Waals surface area contributed by atoms with Crippen LogP contribution < -0.4 is 15.4 Å². The first-order valence-electron chi connectivity index (χ1n) is 11.3. The number of urea groups is 1. The number of hydrogen-bond donors (Lipinski definition) is 2. The summed E-state index contributed by atoms with van der Waals surface area (Å²) in [6.07, 6.45) is 0.875. The van der Waals surface area contributed by atoms with Crippen molar-refractivity contribution in [1.29, 1.82) is 0 Å². The SMILES string of the molecule is CCc1cccc(NC(=O)N(C)CC(=O)Nc2cc(C(C)(C)C)nn2-c2ccc(OC)cc2)c1. The van der Waals surface area contributed by atoms with Crippen molar-refractivity contribution in [2.45, 2.75) is 39.5 Å². The van der Waals surface area contributed by atoms with Gasteiger partial charge in [0.15, 0.2) is 0 Å². The maximum absolute atomic E-state index is 12.8. The topological polar surface area (TPSA) is 88.5 Å². The van der Waals surface area contributed by atoms with E-state index >= 15 is 0 Å². The van der Waals surface area contributed by atoms with Crippen molar-refractivity contribution in [3.05, 3.63) is 65.9 Å². The summed E-state index contributed by atoms with van der Waals surface area (Å²) < 4.78 is 6.93. The fourth-order valence-electron chi connectivity index (χ4n) is 3.31. The summed E-state index contributed by atoms with van der Waals surface area (Å²) >= 11 is 0.